The van der Waals surface area contributed by atoms with Crippen molar-refractivity contribution in [3.05, 3.63) is 47.0 Å². The van der Waals surface area contributed by atoms with Crippen LogP contribution in [0.15, 0.2) is 41.3 Å². The summed E-state index contributed by atoms with van der Waals surface area (Å²) in [5.74, 6) is -1.37. The minimum Gasteiger partial charge on any atom is -0.478 e. The van der Waals surface area contributed by atoms with Crippen LogP contribution in [0.2, 0.25) is 5.02 Å². The molecule has 0 amide bonds. The molecule has 2 rings (SSSR count). The highest BCUT2D eigenvalue weighted by atomic mass is 35.5. The molecule has 0 heterocycles. The van der Waals surface area contributed by atoms with E-state index in [0.29, 0.717) is 5.02 Å². The second-order valence-electron chi connectivity index (χ2n) is 4.30. The standard InChI is InChI=1S/C13H11ClN2O5S/c14-8-2-1-3-9(6-8)21-12-10(15)4-7(13(17)18)5-11(12)22(16,19)20/h1-6H,15H2,(H,17,18)(H2,16,19,20). The molecule has 0 bridgehead atoms. The van der Waals surface area contributed by atoms with Gasteiger partial charge in [0.05, 0.1) is 11.3 Å². The van der Waals surface area contributed by atoms with E-state index in [1.54, 1.807) is 12.1 Å². The molecule has 2 aromatic carbocycles. The zero-order valence-electron chi connectivity index (χ0n) is 11.0. The van der Waals surface area contributed by atoms with E-state index in [9.17, 15) is 13.2 Å². The molecule has 0 aromatic heterocycles. The minimum absolute atomic E-state index is 0.177. The van der Waals surface area contributed by atoms with Gasteiger partial charge >= 0.3 is 5.97 Å². The van der Waals surface area contributed by atoms with E-state index in [1.165, 1.54) is 12.1 Å². The van der Waals surface area contributed by atoms with Crippen LogP contribution in [-0.2, 0) is 10.0 Å². The first-order chi connectivity index (χ1) is 10.2. The third-order valence-electron chi connectivity index (χ3n) is 2.65. The monoisotopic (exact) mass is 342 g/mol. The number of aromatic carboxylic acids is 1. The summed E-state index contributed by atoms with van der Waals surface area (Å²) < 4.78 is 28.7. The molecule has 0 aliphatic rings. The average molecular weight is 343 g/mol. The summed E-state index contributed by atoms with van der Waals surface area (Å²) >= 11 is 5.82. The minimum atomic E-state index is -4.24. The molecule has 5 N–H and O–H groups in total. The van der Waals surface area contributed by atoms with Crippen molar-refractivity contribution in [2.24, 2.45) is 5.14 Å². The van der Waals surface area contributed by atoms with Crippen LogP contribution in [0.5, 0.6) is 11.5 Å². The fourth-order valence-corrected chi connectivity index (χ4v) is 2.61. The van der Waals surface area contributed by atoms with Gasteiger partial charge in [0.15, 0.2) is 5.75 Å². The number of ether oxygens (including phenoxy) is 1. The fraction of sp³-hybridized carbons (Fsp3) is 0. The van der Waals surface area contributed by atoms with E-state index in [0.717, 1.165) is 12.1 Å². The summed E-state index contributed by atoms with van der Waals surface area (Å²) in [5.41, 5.74) is 5.20. The van der Waals surface area contributed by atoms with Crippen molar-refractivity contribution in [3.8, 4) is 11.5 Å². The van der Waals surface area contributed by atoms with Crippen molar-refractivity contribution in [1.29, 1.82) is 0 Å². The lowest BCUT2D eigenvalue weighted by molar-refractivity contribution is 0.0696. The molecule has 22 heavy (non-hydrogen) atoms. The van der Waals surface area contributed by atoms with Gasteiger partial charge in [0, 0.05) is 5.02 Å². The smallest absolute Gasteiger partial charge is 0.335 e. The second kappa shape index (κ2) is 5.84. The van der Waals surface area contributed by atoms with E-state index in [-0.39, 0.29) is 22.7 Å². The Labute approximate surface area is 131 Å². The summed E-state index contributed by atoms with van der Waals surface area (Å²) in [7, 11) is -4.24. The molecule has 0 radical (unpaired) electrons. The summed E-state index contributed by atoms with van der Waals surface area (Å²) in [4.78, 5) is 10.5. The molecule has 7 nitrogen and oxygen atoms in total. The van der Waals surface area contributed by atoms with Crippen LogP contribution in [0.3, 0.4) is 0 Å². The van der Waals surface area contributed by atoms with Crippen LogP contribution in [0.25, 0.3) is 0 Å². The molecule has 0 aliphatic heterocycles. The number of nitrogens with two attached hydrogens (primary N) is 2. The molecule has 0 atom stereocenters. The van der Waals surface area contributed by atoms with Crippen LogP contribution >= 0.6 is 11.6 Å². The first kappa shape index (κ1) is 16.1. The Kier molecular flexibility index (Phi) is 4.27. The SMILES string of the molecule is Nc1cc(C(=O)O)cc(S(N)(=O)=O)c1Oc1cccc(Cl)c1. The van der Waals surface area contributed by atoms with E-state index in [1.807, 2.05) is 0 Å². The number of sulfonamides is 1. The van der Waals surface area contributed by atoms with Crippen LogP contribution in [-0.4, -0.2) is 19.5 Å². The van der Waals surface area contributed by atoms with E-state index >= 15 is 0 Å². The Hall–Kier alpha value is -2.29. The Bertz CT molecular complexity index is 852. The molecule has 2 aromatic rings. The lowest BCUT2D eigenvalue weighted by Gasteiger charge is -2.13. The first-order valence-electron chi connectivity index (χ1n) is 5.81. The lowest BCUT2D eigenvalue weighted by Crippen LogP contribution is -2.15. The van der Waals surface area contributed by atoms with E-state index in [4.69, 9.17) is 32.3 Å². The zero-order chi connectivity index (χ0) is 16.5. The Morgan fingerprint density at radius 3 is 2.45 bits per heavy atom. The van der Waals surface area contributed by atoms with Gasteiger partial charge in [-0.3, -0.25) is 0 Å². The van der Waals surface area contributed by atoms with Gasteiger partial charge in [-0.15, -0.1) is 0 Å². The number of hydrogen-bond acceptors (Lipinski definition) is 5. The van der Waals surface area contributed by atoms with Crippen molar-refractivity contribution < 1.29 is 23.1 Å². The number of carboxylic acids is 1. The molecule has 0 saturated carbocycles. The third kappa shape index (κ3) is 3.48. The summed E-state index contributed by atoms with van der Waals surface area (Å²) in [6.45, 7) is 0. The van der Waals surface area contributed by atoms with Gasteiger partial charge in [0.2, 0.25) is 10.0 Å². The molecule has 0 fully saturated rings. The predicted octanol–water partition coefficient (Wildman–Crippen LogP) is 2.06. The number of rotatable bonds is 4. The van der Waals surface area contributed by atoms with Crippen LogP contribution in [0, 0.1) is 0 Å². The number of carbonyl (C=O) groups is 1. The lowest BCUT2D eigenvalue weighted by atomic mass is 10.2. The Balaban J connectivity index is 2.62. The van der Waals surface area contributed by atoms with Crippen LogP contribution < -0.4 is 15.6 Å². The molecule has 9 heteroatoms. The number of primary sulfonamides is 1. The van der Waals surface area contributed by atoms with Gasteiger partial charge in [0.25, 0.3) is 0 Å². The molecule has 0 aliphatic carbocycles. The first-order valence-corrected chi connectivity index (χ1v) is 7.74. The number of nitrogen functional groups attached to an aromatic ring is 1. The number of carboxylic acid groups (broad SMARTS) is 1. The molecular formula is C13H11ClN2O5S. The van der Waals surface area contributed by atoms with Crippen molar-refractivity contribution >= 4 is 33.3 Å². The normalized spacial score (nSPS) is 11.2. The van der Waals surface area contributed by atoms with Crippen LogP contribution in [0.4, 0.5) is 5.69 Å². The van der Waals surface area contributed by atoms with Gasteiger partial charge in [-0.05, 0) is 30.3 Å². The average Bonchev–Trinajstić information content (AvgIpc) is 2.39. The van der Waals surface area contributed by atoms with Gasteiger partial charge in [-0.2, -0.15) is 0 Å². The topological polar surface area (TPSA) is 133 Å². The molecule has 0 saturated heterocycles. The second-order valence-corrected chi connectivity index (χ2v) is 6.27. The summed E-state index contributed by atoms with van der Waals surface area (Å²) in [5, 5.41) is 14.4. The maximum Gasteiger partial charge on any atom is 0.335 e. The maximum absolute atomic E-state index is 11.7. The van der Waals surface area contributed by atoms with E-state index in [2.05, 4.69) is 0 Å². The highest BCUT2D eigenvalue weighted by molar-refractivity contribution is 7.89. The summed E-state index contributed by atoms with van der Waals surface area (Å²) in [6.07, 6.45) is 0. The molecule has 116 valence electrons. The van der Waals surface area contributed by atoms with Gasteiger partial charge in [-0.25, -0.2) is 18.4 Å². The predicted molar refractivity (Wildman–Crippen MR) is 80.7 cm³/mol. The Morgan fingerprint density at radius 1 is 1.23 bits per heavy atom. The fourth-order valence-electron chi connectivity index (χ4n) is 1.72. The largest absolute Gasteiger partial charge is 0.478 e. The third-order valence-corrected chi connectivity index (χ3v) is 3.80. The van der Waals surface area contributed by atoms with Crippen molar-refractivity contribution in [3.63, 3.8) is 0 Å². The zero-order valence-corrected chi connectivity index (χ0v) is 12.6. The van der Waals surface area contributed by atoms with Crippen LogP contribution in [0.1, 0.15) is 10.4 Å². The van der Waals surface area contributed by atoms with Crippen molar-refractivity contribution in [1.82, 2.24) is 0 Å². The maximum atomic E-state index is 11.7. The highest BCUT2D eigenvalue weighted by Gasteiger charge is 2.22. The van der Waals surface area contributed by atoms with Gasteiger partial charge < -0.3 is 15.6 Å². The molecule has 0 spiro atoms. The number of hydrogen-bond donors (Lipinski definition) is 3. The number of benzene rings is 2. The van der Waals surface area contributed by atoms with Gasteiger partial charge in [0.1, 0.15) is 10.6 Å². The molecular weight excluding hydrogens is 332 g/mol. The quantitative estimate of drug-likeness (QED) is 0.728. The number of anilines is 1. The van der Waals surface area contributed by atoms with Crippen molar-refractivity contribution in [2.45, 2.75) is 4.90 Å². The Morgan fingerprint density at radius 2 is 1.91 bits per heavy atom. The van der Waals surface area contributed by atoms with E-state index < -0.39 is 20.9 Å². The number of halogens is 1. The highest BCUT2D eigenvalue weighted by Crippen LogP contribution is 2.35. The molecule has 0 unspecified atom stereocenters. The summed E-state index contributed by atoms with van der Waals surface area (Å²) in [6, 6.07) is 8.13. The van der Waals surface area contributed by atoms with Gasteiger partial charge in [-0.1, -0.05) is 17.7 Å². The van der Waals surface area contributed by atoms with Crippen molar-refractivity contribution in [2.75, 3.05) is 5.73 Å².